The molecule has 0 rings (SSSR count). The maximum absolute atomic E-state index is 7.36. The van der Waals surface area contributed by atoms with E-state index >= 15 is 0 Å². The van der Waals surface area contributed by atoms with Crippen molar-refractivity contribution in [1.82, 2.24) is 9.01 Å². The maximum atomic E-state index is 7.36. The van der Waals surface area contributed by atoms with Crippen LogP contribution in [0.3, 0.4) is 0 Å². The zero-order chi connectivity index (χ0) is 17.3. The van der Waals surface area contributed by atoms with Gasteiger partial charge in [-0.05, 0) is 52.8 Å². The maximum Gasteiger partial charge on any atom is 0.181 e. The van der Waals surface area contributed by atoms with Crippen molar-refractivity contribution in [1.29, 1.82) is 0 Å². The van der Waals surface area contributed by atoms with Crippen molar-refractivity contribution in [2.45, 2.75) is 86.1 Å². The summed E-state index contributed by atoms with van der Waals surface area (Å²) in [6, 6.07) is 0. The highest BCUT2D eigenvalue weighted by molar-refractivity contribution is 7.88. The Labute approximate surface area is 139 Å². The smallest absolute Gasteiger partial charge is 0.181 e. The number of nitrogens with zero attached hydrogens (tertiary/aromatic N) is 3. The summed E-state index contributed by atoms with van der Waals surface area (Å²) in [6.07, 6.45) is 0. The minimum atomic E-state index is -2.23. The summed E-state index contributed by atoms with van der Waals surface area (Å²) < 4.78 is 10.1. The van der Waals surface area contributed by atoms with Crippen molar-refractivity contribution in [3.8, 4) is 0 Å². The fraction of sp³-hybridized carbons (Fsp3) is 1.00. The first-order chi connectivity index (χ1) is 9.09. The van der Waals surface area contributed by atoms with Crippen molar-refractivity contribution in [2.75, 3.05) is 13.1 Å². The van der Waals surface area contributed by atoms with E-state index in [-0.39, 0.29) is 11.1 Å². The SMILES string of the molecule is CCN(CC)P(Cl)(=NC(C)(C)C)N(C(C)(C)C)[Si](C)(C)C. The normalized spacial score (nSPS) is 17.2. The van der Waals surface area contributed by atoms with Crippen molar-refractivity contribution in [3.05, 3.63) is 0 Å². The van der Waals surface area contributed by atoms with Crippen LogP contribution in [0, 0.1) is 0 Å². The predicted molar refractivity (Wildman–Crippen MR) is 103 cm³/mol. The van der Waals surface area contributed by atoms with Crippen LogP contribution in [0.4, 0.5) is 0 Å². The lowest BCUT2D eigenvalue weighted by atomic mass is 10.1. The standard InChI is InChI=1S/C15H37ClN3PSi/c1-12-18(13-2)20(16,17-14(3,4)5)19(15(6,7)8)21(9,10)11/h12-13H2,1-11H3. The third-order valence-corrected chi connectivity index (χ3v) is 12.6. The Kier molecular flexibility index (Phi) is 7.27. The van der Waals surface area contributed by atoms with Crippen molar-refractivity contribution in [3.63, 3.8) is 0 Å². The summed E-state index contributed by atoms with van der Waals surface area (Å²) in [5, 5.41) is 0. The second-order valence-electron chi connectivity index (χ2n) is 8.56. The van der Waals surface area contributed by atoms with E-state index in [9.17, 15) is 0 Å². The average molecular weight is 354 g/mol. The summed E-state index contributed by atoms with van der Waals surface area (Å²) >= 11 is 7.36. The molecule has 1 atom stereocenters. The minimum absolute atomic E-state index is 0.0113. The first-order valence-electron chi connectivity index (χ1n) is 7.99. The second-order valence-corrected chi connectivity index (χ2v) is 17.2. The number of hydrogen-bond acceptors (Lipinski definition) is 1. The van der Waals surface area contributed by atoms with Gasteiger partial charge in [-0.25, -0.2) is 4.67 Å². The Morgan fingerprint density at radius 3 is 1.52 bits per heavy atom. The summed E-state index contributed by atoms with van der Waals surface area (Å²) in [5.41, 5.74) is -0.126. The lowest BCUT2D eigenvalue weighted by molar-refractivity contribution is 0.342. The fourth-order valence-corrected chi connectivity index (χ4v) is 15.3. The number of hydrogen-bond donors (Lipinski definition) is 0. The van der Waals surface area contributed by atoms with E-state index in [1.54, 1.807) is 0 Å². The van der Waals surface area contributed by atoms with E-state index in [0.29, 0.717) is 0 Å². The summed E-state index contributed by atoms with van der Waals surface area (Å²) in [6.45, 7) is 24.4. The highest BCUT2D eigenvalue weighted by Crippen LogP contribution is 2.66. The summed E-state index contributed by atoms with van der Waals surface area (Å²) in [5.74, 6) is 0. The zero-order valence-electron chi connectivity index (χ0n) is 16.1. The Morgan fingerprint density at radius 2 is 1.33 bits per heavy atom. The second kappa shape index (κ2) is 7.05. The van der Waals surface area contributed by atoms with Gasteiger partial charge in [-0.2, -0.15) is 0 Å². The molecule has 0 aliphatic carbocycles. The molecule has 0 bridgehead atoms. The molecule has 0 amide bonds. The molecule has 0 aromatic rings. The Hall–Kier alpha value is 0.657. The molecule has 0 aromatic heterocycles. The van der Waals surface area contributed by atoms with E-state index in [4.69, 9.17) is 16.0 Å². The third kappa shape index (κ3) is 5.99. The molecule has 0 N–H and O–H groups in total. The van der Waals surface area contributed by atoms with Crippen LogP contribution in [0.1, 0.15) is 55.4 Å². The minimum Gasteiger partial charge on any atom is -0.263 e. The lowest BCUT2D eigenvalue weighted by Crippen LogP contribution is -2.55. The van der Waals surface area contributed by atoms with Gasteiger partial charge in [-0.3, -0.25) is 9.08 Å². The first kappa shape index (κ1) is 21.7. The van der Waals surface area contributed by atoms with Crippen molar-refractivity contribution < 1.29 is 0 Å². The number of halogens is 1. The van der Waals surface area contributed by atoms with Crippen molar-refractivity contribution >= 4 is 26.2 Å². The molecular formula is C15H37ClN3PSi. The quantitative estimate of drug-likeness (QED) is 0.430. The molecule has 0 fully saturated rings. The highest BCUT2D eigenvalue weighted by Gasteiger charge is 2.45. The predicted octanol–water partition coefficient (Wildman–Crippen LogP) is 6.25. The molecule has 3 nitrogen and oxygen atoms in total. The van der Waals surface area contributed by atoms with Gasteiger partial charge in [0.15, 0.2) is 6.71 Å². The van der Waals surface area contributed by atoms with E-state index in [1.165, 1.54) is 0 Å². The Bertz CT molecular complexity index is 373. The van der Waals surface area contributed by atoms with Crippen LogP contribution in [-0.2, 0) is 0 Å². The molecule has 6 heteroatoms. The van der Waals surface area contributed by atoms with Gasteiger partial charge in [0.25, 0.3) is 0 Å². The monoisotopic (exact) mass is 353 g/mol. The summed E-state index contributed by atoms with van der Waals surface area (Å²) in [7, 11) is -1.64. The zero-order valence-corrected chi connectivity index (χ0v) is 18.7. The summed E-state index contributed by atoms with van der Waals surface area (Å²) in [4.78, 5) is 0. The molecule has 128 valence electrons. The van der Waals surface area contributed by atoms with Gasteiger partial charge in [0.1, 0.15) is 8.24 Å². The molecule has 0 aliphatic rings. The van der Waals surface area contributed by atoms with Crippen LogP contribution in [0.5, 0.6) is 0 Å². The molecule has 0 spiro atoms. The number of rotatable bonds is 5. The average Bonchev–Trinajstić information content (AvgIpc) is 2.09. The molecule has 0 aliphatic heterocycles. The van der Waals surface area contributed by atoms with Gasteiger partial charge in [0.2, 0.25) is 0 Å². The molecule has 0 saturated heterocycles. The van der Waals surface area contributed by atoms with Crippen LogP contribution in [0.2, 0.25) is 19.6 Å². The van der Waals surface area contributed by atoms with Crippen LogP contribution in [0.25, 0.3) is 0 Å². The van der Waals surface area contributed by atoms with Crippen molar-refractivity contribution in [2.24, 2.45) is 4.74 Å². The largest absolute Gasteiger partial charge is 0.263 e. The fourth-order valence-electron chi connectivity index (χ4n) is 2.97. The van der Waals surface area contributed by atoms with E-state index in [2.05, 4.69) is 84.0 Å². The third-order valence-electron chi connectivity index (χ3n) is 3.04. The highest BCUT2D eigenvalue weighted by atomic mass is 35.7. The van der Waals surface area contributed by atoms with Crippen LogP contribution >= 0.6 is 17.9 Å². The van der Waals surface area contributed by atoms with Gasteiger partial charge in [0, 0.05) is 18.6 Å². The molecule has 0 aromatic carbocycles. The van der Waals surface area contributed by atoms with E-state index < -0.39 is 14.9 Å². The lowest BCUT2D eigenvalue weighted by Gasteiger charge is -2.52. The topological polar surface area (TPSA) is 18.8 Å². The van der Waals surface area contributed by atoms with Crippen LogP contribution < -0.4 is 0 Å². The Balaban J connectivity index is 6.43. The van der Waals surface area contributed by atoms with Gasteiger partial charge >= 0.3 is 0 Å². The Morgan fingerprint density at radius 1 is 0.952 bits per heavy atom. The molecule has 0 heterocycles. The van der Waals surface area contributed by atoms with Gasteiger partial charge < -0.3 is 0 Å². The molecular weight excluding hydrogens is 317 g/mol. The van der Waals surface area contributed by atoms with Crippen LogP contribution in [0.15, 0.2) is 4.74 Å². The molecule has 0 radical (unpaired) electrons. The first-order valence-corrected chi connectivity index (χ1v) is 14.0. The molecule has 0 saturated carbocycles. The molecule has 1 unspecified atom stereocenters. The molecule has 21 heavy (non-hydrogen) atoms. The van der Waals surface area contributed by atoms with E-state index in [1.807, 2.05) is 0 Å². The van der Waals surface area contributed by atoms with Gasteiger partial charge in [-0.1, -0.05) is 33.5 Å². The van der Waals surface area contributed by atoms with Crippen LogP contribution in [-0.4, -0.2) is 41.4 Å². The van der Waals surface area contributed by atoms with Gasteiger partial charge in [-0.15, -0.1) is 0 Å². The van der Waals surface area contributed by atoms with E-state index in [0.717, 1.165) is 13.1 Å². The van der Waals surface area contributed by atoms with Gasteiger partial charge in [0.05, 0.1) is 5.54 Å².